The Morgan fingerprint density at radius 1 is 1.20 bits per heavy atom. The van der Waals surface area contributed by atoms with Crippen LogP contribution in [0.4, 0.5) is 0 Å². The van der Waals surface area contributed by atoms with Crippen molar-refractivity contribution in [1.82, 2.24) is 10.2 Å². The number of methoxy groups -OCH3 is 1. The summed E-state index contributed by atoms with van der Waals surface area (Å²) in [4.78, 5) is 2.22. The van der Waals surface area contributed by atoms with Crippen LogP contribution in [0, 0.1) is 0 Å². The average Bonchev–Trinajstić information content (AvgIpc) is 2.41. The highest BCUT2D eigenvalue weighted by molar-refractivity contribution is 5.37. The van der Waals surface area contributed by atoms with Crippen LogP contribution < -0.4 is 10.1 Å². The number of benzene rings is 1. The molecule has 0 amide bonds. The van der Waals surface area contributed by atoms with E-state index in [0.29, 0.717) is 13.2 Å². The van der Waals surface area contributed by atoms with Gasteiger partial charge in [0.1, 0.15) is 12.4 Å². The normalized spacial score (nSPS) is 13.6. The van der Waals surface area contributed by atoms with Crippen molar-refractivity contribution >= 4 is 0 Å². The van der Waals surface area contributed by atoms with Crippen LogP contribution >= 0.6 is 0 Å². The summed E-state index contributed by atoms with van der Waals surface area (Å²) in [5.74, 6) is 0.916. The van der Waals surface area contributed by atoms with Crippen molar-refractivity contribution in [2.24, 2.45) is 0 Å². The van der Waals surface area contributed by atoms with Gasteiger partial charge in [0.25, 0.3) is 0 Å². The van der Waals surface area contributed by atoms with E-state index in [1.807, 2.05) is 19.2 Å². The van der Waals surface area contributed by atoms with E-state index in [4.69, 9.17) is 9.47 Å². The number of para-hydroxylation sites is 1. The van der Waals surface area contributed by atoms with Crippen molar-refractivity contribution < 1.29 is 9.47 Å². The van der Waals surface area contributed by atoms with E-state index < -0.39 is 0 Å². The molecule has 0 fully saturated rings. The van der Waals surface area contributed by atoms with Crippen molar-refractivity contribution in [2.45, 2.75) is 25.4 Å². The quantitative estimate of drug-likeness (QED) is 0.741. The first kappa shape index (κ1) is 17.0. The number of hydrogen-bond acceptors (Lipinski definition) is 4. The van der Waals surface area contributed by atoms with Gasteiger partial charge in [-0.3, -0.25) is 0 Å². The number of rotatable bonds is 8. The molecule has 0 aliphatic rings. The van der Waals surface area contributed by atoms with Gasteiger partial charge >= 0.3 is 0 Å². The summed E-state index contributed by atoms with van der Waals surface area (Å²) in [6, 6.07) is 8.36. The lowest BCUT2D eigenvalue weighted by atomic mass is 9.87. The molecule has 0 spiro atoms. The van der Waals surface area contributed by atoms with Gasteiger partial charge in [-0.2, -0.15) is 0 Å². The Kier molecular flexibility index (Phi) is 6.46. The Hall–Kier alpha value is -1.10. The zero-order valence-corrected chi connectivity index (χ0v) is 13.6. The lowest BCUT2D eigenvalue weighted by Crippen LogP contribution is -2.48. The van der Waals surface area contributed by atoms with Crippen LogP contribution in [0.15, 0.2) is 24.3 Å². The van der Waals surface area contributed by atoms with Gasteiger partial charge < -0.3 is 19.7 Å². The van der Waals surface area contributed by atoms with E-state index in [9.17, 15) is 0 Å². The van der Waals surface area contributed by atoms with Gasteiger partial charge in [0.15, 0.2) is 0 Å². The minimum atomic E-state index is -0.0323. The van der Waals surface area contributed by atoms with Crippen molar-refractivity contribution in [3.63, 3.8) is 0 Å². The fourth-order valence-corrected chi connectivity index (χ4v) is 2.23. The van der Waals surface area contributed by atoms with Crippen LogP contribution in [-0.4, -0.2) is 51.9 Å². The van der Waals surface area contributed by atoms with E-state index in [0.717, 1.165) is 5.75 Å². The topological polar surface area (TPSA) is 33.7 Å². The summed E-state index contributed by atoms with van der Waals surface area (Å²) in [5.41, 5.74) is 1.14. The van der Waals surface area contributed by atoms with E-state index in [-0.39, 0.29) is 11.6 Å². The molecule has 0 saturated heterocycles. The molecule has 1 aromatic carbocycles. The highest BCUT2D eigenvalue weighted by atomic mass is 16.5. The summed E-state index contributed by atoms with van der Waals surface area (Å²) in [5, 5.41) is 3.42. The minimum Gasteiger partial charge on any atom is -0.491 e. The van der Waals surface area contributed by atoms with E-state index >= 15 is 0 Å². The minimum absolute atomic E-state index is 0.0323. The molecular formula is C16H28N2O2. The van der Waals surface area contributed by atoms with Crippen LogP contribution in [0.1, 0.15) is 25.5 Å². The monoisotopic (exact) mass is 280 g/mol. The molecule has 114 valence electrons. The number of ether oxygens (including phenoxy) is 2. The van der Waals surface area contributed by atoms with Crippen molar-refractivity contribution in [2.75, 3.05) is 41.5 Å². The fraction of sp³-hybridized carbons (Fsp3) is 0.625. The molecule has 0 bridgehead atoms. The number of nitrogens with one attached hydrogen (secondary N) is 1. The summed E-state index contributed by atoms with van der Waals surface area (Å²) in [6.07, 6.45) is 0. The third-order valence-corrected chi connectivity index (χ3v) is 3.92. The van der Waals surface area contributed by atoms with Gasteiger partial charge in [0.05, 0.1) is 12.6 Å². The predicted molar refractivity (Wildman–Crippen MR) is 83.4 cm³/mol. The van der Waals surface area contributed by atoms with Crippen LogP contribution in [-0.2, 0) is 4.74 Å². The molecule has 0 aliphatic heterocycles. The van der Waals surface area contributed by atoms with Crippen LogP contribution in [0.2, 0.25) is 0 Å². The predicted octanol–water partition coefficient (Wildman–Crippen LogP) is 2.31. The van der Waals surface area contributed by atoms with Gasteiger partial charge in [-0.15, -0.1) is 0 Å². The first-order valence-electron chi connectivity index (χ1n) is 7.00. The Morgan fingerprint density at radius 3 is 2.40 bits per heavy atom. The van der Waals surface area contributed by atoms with Crippen molar-refractivity contribution in [3.8, 4) is 5.75 Å². The molecule has 4 nitrogen and oxygen atoms in total. The Balaban J connectivity index is 3.03. The molecule has 0 saturated carbocycles. The smallest absolute Gasteiger partial charge is 0.124 e. The Labute approximate surface area is 123 Å². The summed E-state index contributed by atoms with van der Waals surface area (Å²) in [7, 11) is 7.86. The highest BCUT2D eigenvalue weighted by Crippen LogP contribution is 2.34. The summed E-state index contributed by atoms with van der Waals surface area (Å²) in [6.45, 7) is 5.60. The maximum atomic E-state index is 5.85. The standard InChI is InChI=1S/C16H28N2O2/c1-16(2,18(4)5)15(17-3)13-9-7-8-10-14(13)20-12-11-19-6/h7-10,15,17H,11-12H2,1-6H3. The second kappa shape index (κ2) is 7.62. The van der Waals surface area contributed by atoms with Gasteiger partial charge in [0, 0.05) is 18.2 Å². The lowest BCUT2D eigenvalue weighted by Gasteiger charge is -2.40. The molecule has 20 heavy (non-hydrogen) atoms. The molecule has 1 rings (SSSR count). The largest absolute Gasteiger partial charge is 0.491 e. The summed E-state index contributed by atoms with van der Waals surface area (Å²) < 4.78 is 10.9. The number of nitrogens with zero attached hydrogens (tertiary/aromatic N) is 1. The molecule has 4 heteroatoms. The van der Waals surface area contributed by atoms with Crippen molar-refractivity contribution in [1.29, 1.82) is 0 Å². The molecule has 1 N–H and O–H groups in total. The van der Waals surface area contributed by atoms with Crippen LogP contribution in [0.3, 0.4) is 0 Å². The molecular weight excluding hydrogens is 252 g/mol. The Morgan fingerprint density at radius 2 is 1.85 bits per heavy atom. The molecule has 0 aromatic heterocycles. The van der Waals surface area contributed by atoms with Gasteiger partial charge in [0.2, 0.25) is 0 Å². The molecule has 1 aromatic rings. The van der Waals surface area contributed by atoms with E-state index in [1.54, 1.807) is 7.11 Å². The molecule has 0 aliphatic carbocycles. The highest BCUT2D eigenvalue weighted by Gasteiger charge is 2.33. The zero-order valence-electron chi connectivity index (χ0n) is 13.6. The molecule has 0 radical (unpaired) electrons. The number of hydrogen-bond donors (Lipinski definition) is 1. The van der Waals surface area contributed by atoms with Crippen LogP contribution in [0.25, 0.3) is 0 Å². The number of likely N-dealkylation sites (N-methyl/N-ethyl adjacent to an activating group) is 2. The average molecular weight is 280 g/mol. The van der Waals surface area contributed by atoms with Crippen molar-refractivity contribution in [3.05, 3.63) is 29.8 Å². The summed E-state index contributed by atoms with van der Waals surface area (Å²) >= 11 is 0. The second-order valence-corrected chi connectivity index (χ2v) is 5.65. The maximum Gasteiger partial charge on any atom is 0.124 e. The SMILES string of the molecule is CNC(c1ccccc1OCCOC)C(C)(C)N(C)C. The molecule has 1 unspecified atom stereocenters. The van der Waals surface area contributed by atoms with Gasteiger partial charge in [-0.1, -0.05) is 18.2 Å². The molecule has 0 heterocycles. The third-order valence-electron chi connectivity index (χ3n) is 3.92. The van der Waals surface area contributed by atoms with Gasteiger partial charge in [-0.25, -0.2) is 0 Å². The molecule has 1 atom stereocenters. The zero-order chi connectivity index (χ0) is 15.2. The lowest BCUT2D eigenvalue weighted by molar-refractivity contribution is 0.131. The van der Waals surface area contributed by atoms with Gasteiger partial charge in [-0.05, 0) is 41.1 Å². The fourth-order valence-electron chi connectivity index (χ4n) is 2.23. The van der Waals surface area contributed by atoms with E-state index in [2.05, 4.69) is 50.3 Å². The second-order valence-electron chi connectivity index (χ2n) is 5.65. The maximum absolute atomic E-state index is 5.85. The third kappa shape index (κ3) is 3.95. The first-order chi connectivity index (χ1) is 9.45. The van der Waals surface area contributed by atoms with Crippen LogP contribution in [0.5, 0.6) is 5.75 Å². The Bertz CT molecular complexity index is 405. The van der Waals surface area contributed by atoms with E-state index in [1.165, 1.54) is 5.56 Å². The first-order valence-corrected chi connectivity index (χ1v) is 7.00.